The number of halogens is 1. The number of hydrogen-bond acceptors (Lipinski definition) is 2. The quantitative estimate of drug-likeness (QED) is 0.634. The van der Waals surface area contributed by atoms with E-state index in [1.807, 2.05) is 6.92 Å². The molecule has 1 atom stereocenters. The van der Waals surface area contributed by atoms with Gasteiger partial charge >= 0.3 is 0 Å². The highest BCUT2D eigenvalue weighted by Gasteiger charge is 2.17. The van der Waals surface area contributed by atoms with Crippen molar-refractivity contribution in [2.75, 3.05) is 5.73 Å². The Bertz CT molecular complexity index is 491. The minimum Gasteiger partial charge on any atom is -0.399 e. The van der Waals surface area contributed by atoms with Crippen LogP contribution in [0.25, 0.3) is 0 Å². The maximum atomic E-state index is 13.8. The lowest BCUT2D eigenvalue weighted by Gasteiger charge is -2.13. The number of benzene rings is 1. The van der Waals surface area contributed by atoms with Crippen LogP contribution >= 0.6 is 0 Å². The summed E-state index contributed by atoms with van der Waals surface area (Å²) in [6.07, 6.45) is 6.80. The molecular weight excluding hydrogens is 231 g/mol. The lowest BCUT2D eigenvalue weighted by molar-refractivity contribution is 0.0940. The van der Waals surface area contributed by atoms with E-state index in [1.165, 1.54) is 12.1 Å². The first-order valence-electron chi connectivity index (χ1n) is 5.82. The molecule has 0 aliphatic carbocycles. The van der Waals surface area contributed by atoms with Gasteiger partial charge in [0.2, 0.25) is 0 Å². The van der Waals surface area contributed by atoms with Crippen LogP contribution in [-0.4, -0.2) is 11.9 Å². The van der Waals surface area contributed by atoms with E-state index >= 15 is 0 Å². The minimum atomic E-state index is -0.561. The van der Waals surface area contributed by atoms with Gasteiger partial charge < -0.3 is 11.1 Å². The molecule has 0 heterocycles. The summed E-state index contributed by atoms with van der Waals surface area (Å²) in [6.45, 7) is 3.52. The van der Waals surface area contributed by atoms with Crippen LogP contribution in [0.15, 0.2) is 12.1 Å². The fourth-order valence-corrected chi connectivity index (χ4v) is 1.68. The van der Waals surface area contributed by atoms with E-state index < -0.39 is 11.7 Å². The van der Waals surface area contributed by atoms with Gasteiger partial charge in [0.1, 0.15) is 5.82 Å². The van der Waals surface area contributed by atoms with Crippen LogP contribution in [0.4, 0.5) is 10.1 Å². The zero-order valence-corrected chi connectivity index (χ0v) is 10.6. The van der Waals surface area contributed by atoms with Gasteiger partial charge in [0.05, 0.1) is 11.6 Å². The van der Waals surface area contributed by atoms with Gasteiger partial charge in [-0.2, -0.15) is 0 Å². The van der Waals surface area contributed by atoms with Crippen LogP contribution in [-0.2, 0) is 0 Å². The van der Waals surface area contributed by atoms with E-state index in [0.29, 0.717) is 17.7 Å². The number of carbonyl (C=O) groups is 1. The number of terminal acetylenes is 1. The van der Waals surface area contributed by atoms with E-state index in [0.717, 1.165) is 6.42 Å². The SMILES string of the molecule is C#CC(CCC)NC(=O)c1cc(N)cc(C)c1F. The molecule has 4 heteroatoms. The second-order valence-electron chi connectivity index (χ2n) is 4.18. The Morgan fingerprint density at radius 3 is 2.83 bits per heavy atom. The molecule has 3 N–H and O–H groups in total. The minimum absolute atomic E-state index is 0.0659. The first kappa shape index (κ1) is 14.0. The van der Waals surface area contributed by atoms with Gasteiger partial charge in [-0.25, -0.2) is 4.39 Å². The summed E-state index contributed by atoms with van der Waals surface area (Å²) in [7, 11) is 0. The molecule has 0 fully saturated rings. The molecular formula is C14H17FN2O. The number of rotatable bonds is 4. The second kappa shape index (κ2) is 6.06. The molecule has 0 bridgehead atoms. The van der Waals surface area contributed by atoms with Gasteiger partial charge in [-0.3, -0.25) is 4.79 Å². The number of nitrogen functional groups attached to an aromatic ring is 1. The van der Waals surface area contributed by atoms with Crippen molar-refractivity contribution in [1.82, 2.24) is 5.32 Å². The van der Waals surface area contributed by atoms with Crippen molar-refractivity contribution < 1.29 is 9.18 Å². The Kier molecular flexibility index (Phi) is 4.73. The molecule has 18 heavy (non-hydrogen) atoms. The third-order valence-corrected chi connectivity index (χ3v) is 2.61. The van der Waals surface area contributed by atoms with Gasteiger partial charge in [0, 0.05) is 5.69 Å². The van der Waals surface area contributed by atoms with E-state index in [1.54, 1.807) is 6.92 Å². The largest absolute Gasteiger partial charge is 0.399 e. The normalized spacial score (nSPS) is 11.7. The Balaban J connectivity index is 2.94. The van der Waals surface area contributed by atoms with Crippen molar-refractivity contribution in [2.45, 2.75) is 32.7 Å². The maximum absolute atomic E-state index is 13.8. The van der Waals surface area contributed by atoms with Crippen LogP contribution in [0.2, 0.25) is 0 Å². The van der Waals surface area contributed by atoms with Gasteiger partial charge in [-0.15, -0.1) is 6.42 Å². The maximum Gasteiger partial charge on any atom is 0.255 e. The Hall–Kier alpha value is -2.02. The third-order valence-electron chi connectivity index (χ3n) is 2.61. The van der Waals surface area contributed by atoms with Crippen LogP contribution < -0.4 is 11.1 Å². The zero-order valence-electron chi connectivity index (χ0n) is 10.6. The van der Waals surface area contributed by atoms with Crippen molar-refractivity contribution in [1.29, 1.82) is 0 Å². The number of carbonyl (C=O) groups excluding carboxylic acids is 1. The van der Waals surface area contributed by atoms with Crippen LogP contribution in [0.5, 0.6) is 0 Å². The molecule has 1 rings (SSSR count). The number of nitrogens with two attached hydrogens (primary N) is 1. The van der Waals surface area contributed by atoms with E-state index in [4.69, 9.17) is 12.2 Å². The Morgan fingerprint density at radius 2 is 2.28 bits per heavy atom. The number of hydrogen-bond donors (Lipinski definition) is 2. The predicted molar refractivity (Wildman–Crippen MR) is 70.5 cm³/mol. The summed E-state index contributed by atoms with van der Waals surface area (Å²) in [5.41, 5.74) is 6.23. The summed E-state index contributed by atoms with van der Waals surface area (Å²) < 4.78 is 13.8. The van der Waals surface area contributed by atoms with Gasteiger partial charge in [-0.05, 0) is 31.0 Å². The molecule has 1 amide bonds. The molecule has 0 radical (unpaired) electrons. The van der Waals surface area contributed by atoms with Crippen LogP contribution in [0.3, 0.4) is 0 Å². The van der Waals surface area contributed by atoms with Crippen molar-refractivity contribution in [2.24, 2.45) is 0 Å². The molecule has 96 valence electrons. The smallest absolute Gasteiger partial charge is 0.255 e. The molecule has 0 saturated carbocycles. The molecule has 0 aliphatic rings. The fraction of sp³-hybridized carbons (Fsp3) is 0.357. The average Bonchev–Trinajstić information content (AvgIpc) is 2.32. The molecule has 0 saturated heterocycles. The van der Waals surface area contributed by atoms with Gasteiger partial charge in [0.15, 0.2) is 0 Å². The highest BCUT2D eigenvalue weighted by Crippen LogP contribution is 2.17. The summed E-state index contributed by atoms with van der Waals surface area (Å²) in [5.74, 6) is 1.38. The lowest BCUT2D eigenvalue weighted by Crippen LogP contribution is -2.34. The molecule has 0 spiro atoms. The van der Waals surface area contributed by atoms with Gasteiger partial charge in [-0.1, -0.05) is 19.3 Å². The summed E-state index contributed by atoms with van der Waals surface area (Å²) in [4.78, 5) is 11.9. The predicted octanol–water partition coefficient (Wildman–Crippen LogP) is 2.25. The van der Waals surface area contributed by atoms with Crippen molar-refractivity contribution in [3.63, 3.8) is 0 Å². The molecule has 0 aromatic heterocycles. The first-order chi connectivity index (χ1) is 8.49. The monoisotopic (exact) mass is 248 g/mol. The first-order valence-corrected chi connectivity index (χ1v) is 5.82. The van der Waals surface area contributed by atoms with E-state index in [2.05, 4.69) is 11.2 Å². The fourth-order valence-electron chi connectivity index (χ4n) is 1.68. The number of nitrogens with one attached hydrogen (secondary N) is 1. The molecule has 1 aromatic rings. The number of anilines is 1. The van der Waals surface area contributed by atoms with Gasteiger partial charge in [0.25, 0.3) is 5.91 Å². The van der Waals surface area contributed by atoms with Crippen molar-refractivity contribution in [3.05, 3.63) is 29.1 Å². The molecule has 0 aliphatic heterocycles. The average molecular weight is 248 g/mol. The molecule has 1 aromatic carbocycles. The topological polar surface area (TPSA) is 55.1 Å². The van der Waals surface area contributed by atoms with E-state index in [9.17, 15) is 9.18 Å². The highest BCUT2D eigenvalue weighted by molar-refractivity contribution is 5.96. The third kappa shape index (κ3) is 3.24. The highest BCUT2D eigenvalue weighted by atomic mass is 19.1. The Labute approximate surface area is 107 Å². The summed E-state index contributed by atoms with van der Waals surface area (Å²) >= 11 is 0. The van der Waals surface area contributed by atoms with Crippen LogP contribution in [0.1, 0.15) is 35.7 Å². The molecule has 3 nitrogen and oxygen atoms in total. The zero-order chi connectivity index (χ0) is 13.7. The number of aryl methyl sites for hydroxylation is 1. The number of amides is 1. The van der Waals surface area contributed by atoms with Crippen LogP contribution in [0, 0.1) is 25.1 Å². The van der Waals surface area contributed by atoms with E-state index in [-0.39, 0.29) is 11.6 Å². The van der Waals surface area contributed by atoms with Crippen molar-refractivity contribution >= 4 is 11.6 Å². The summed E-state index contributed by atoms with van der Waals surface area (Å²) in [5, 5.41) is 2.61. The lowest BCUT2D eigenvalue weighted by atomic mass is 10.1. The Morgan fingerprint density at radius 1 is 1.61 bits per heavy atom. The standard InChI is InChI=1S/C14H17FN2O/c1-4-6-11(5-2)17-14(18)12-8-10(16)7-9(3)13(12)15/h2,7-8,11H,4,6,16H2,1,3H3,(H,17,18). The summed E-state index contributed by atoms with van der Waals surface area (Å²) in [6, 6.07) is 2.41. The molecule has 1 unspecified atom stereocenters. The van der Waals surface area contributed by atoms with Crippen molar-refractivity contribution in [3.8, 4) is 12.3 Å². The second-order valence-corrected chi connectivity index (χ2v) is 4.18.